The molecule has 2 aliphatic heterocycles. The number of benzene rings is 2. The lowest BCUT2D eigenvalue weighted by Gasteiger charge is -2.16. The monoisotopic (exact) mass is 472 g/mol. The molecular weight excluding hydrogens is 440 g/mol. The van der Waals surface area contributed by atoms with Gasteiger partial charge in [0.2, 0.25) is 0 Å². The highest BCUT2D eigenvalue weighted by Crippen LogP contribution is 2.31. The molecule has 4 rings (SSSR count). The summed E-state index contributed by atoms with van der Waals surface area (Å²) in [5.74, 6) is 2.75. The third-order valence-electron chi connectivity index (χ3n) is 5.09. The maximum Gasteiger partial charge on any atom is 0.161 e. The topological polar surface area (TPSA) is 73.8 Å². The van der Waals surface area contributed by atoms with Crippen LogP contribution in [0.25, 0.3) is 12.2 Å². The van der Waals surface area contributed by atoms with Crippen molar-refractivity contribution in [1.29, 1.82) is 0 Å². The zero-order valence-electron chi connectivity index (χ0n) is 19.4. The molecule has 8 nitrogen and oxygen atoms in total. The van der Waals surface area contributed by atoms with Crippen molar-refractivity contribution in [3.05, 3.63) is 47.5 Å². The first kappa shape index (κ1) is 24.3. The van der Waals surface area contributed by atoms with Gasteiger partial charge < -0.3 is 37.9 Å². The van der Waals surface area contributed by atoms with Crippen molar-refractivity contribution < 1.29 is 37.9 Å². The molecule has 0 saturated carbocycles. The Morgan fingerprint density at radius 2 is 0.706 bits per heavy atom. The number of ether oxygens (including phenoxy) is 8. The largest absolute Gasteiger partial charge is 0.487 e. The lowest BCUT2D eigenvalue weighted by molar-refractivity contribution is 0.0223. The molecule has 2 heterocycles. The van der Waals surface area contributed by atoms with E-state index >= 15 is 0 Å². The molecule has 0 fully saturated rings. The summed E-state index contributed by atoms with van der Waals surface area (Å²) in [4.78, 5) is 0. The zero-order chi connectivity index (χ0) is 23.3. The van der Waals surface area contributed by atoms with Crippen molar-refractivity contribution in [2.24, 2.45) is 0 Å². The molecule has 0 radical (unpaired) electrons. The second-order valence-corrected chi connectivity index (χ2v) is 7.59. The number of hydrogen-bond donors (Lipinski definition) is 0. The highest BCUT2D eigenvalue weighted by molar-refractivity contribution is 5.72. The quantitative estimate of drug-likeness (QED) is 0.616. The van der Waals surface area contributed by atoms with Crippen molar-refractivity contribution in [1.82, 2.24) is 0 Å². The van der Waals surface area contributed by atoms with Crippen LogP contribution >= 0.6 is 0 Å². The Morgan fingerprint density at radius 1 is 0.382 bits per heavy atom. The Hall–Kier alpha value is -2.78. The smallest absolute Gasteiger partial charge is 0.161 e. The fraction of sp³-hybridized carbons (Fsp3) is 0.462. The van der Waals surface area contributed by atoms with Crippen LogP contribution in [0, 0.1) is 0 Å². The molecule has 8 heteroatoms. The summed E-state index contributed by atoms with van der Waals surface area (Å²) in [6.45, 7) is 6.03. The molecule has 0 bridgehead atoms. The lowest BCUT2D eigenvalue weighted by Crippen LogP contribution is -2.15. The summed E-state index contributed by atoms with van der Waals surface area (Å²) in [6.07, 6.45) is 4.04. The van der Waals surface area contributed by atoms with E-state index in [1.54, 1.807) is 0 Å². The second-order valence-electron chi connectivity index (χ2n) is 7.59. The maximum atomic E-state index is 5.91. The molecule has 0 aromatic heterocycles. The van der Waals surface area contributed by atoms with Crippen LogP contribution in [0.1, 0.15) is 11.1 Å². The van der Waals surface area contributed by atoms with Crippen molar-refractivity contribution in [3.63, 3.8) is 0 Å². The van der Waals surface area contributed by atoms with Gasteiger partial charge in [-0.25, -0.2) is 0 Å². The lowest BCUT2D eigenvalue weighted by atomic mass is 10.1. The second kappa shape index (κ2) is 13.8. The number of rotatable bonds is 2. The van der Waals surface area contributed by atoms with E-state index in [2.05, 4.69) is 0 Å². The Morgan fingerprint density at radius 3 is 1.09 bits per heavy atom. The van der Waals surface area contributed by atoms with Gasteiger partial charge in [-0.05, 0) is 35.4 Å². The normalized spacial score (nSPS) is 18.7. The van der Waals surface area contributed by atoms with E-state index in [0.29, 0.717) is 102 Å². The average Bonchev–Trinajstić information content (AvgIpc) is 2.84. The molecule has 2 aliphatic rings. The van der Waals surface area contributed by atoms with E-state index in [4.69, 9.17) is 37.9 Å². The Balaban J connectivity index is 1.45. The van der Waals surface area contributed by atoms with Crippen LogP contribution in [0.3, 0.4) is 0 Å². The standard InChI is InChI=1S/C26H32O8/c1(21-3-5-23-25(19-21)33-17-13-29-9-7-27-11-15-31-23)2-22-4-6-24-26(20-22)34-18-14-30-10-8-28-12-16-32-24/h1-6,19-20H,7-18H2/b2-1+. The minimum atomic E-state index is 0.445. The third kappa shape index (κ3) is 7.92. The van der Waals surface area contributed by atoms with Crippen molar-refractivity contribution >= 4 is 12.2 Å². The molecule has 2 aromatic carbocycles. The Bertz CT molecular complexity index is 840. The van der Waals surface area contributed by atoms with Crippen molar-refractivity contribution in [3.8, 4) is 23.0 Å². The molecule has 0 atom stereocenters. The summed E-state index contributed by atoms with van der Waals surface area (Å²) in [5.41, 5.74) is 1.98. The first-order valence-corrected chi connectivity index (χ1v) is 11.7. The summed E-state index contributed by atoms with van der Waals surface area (Å²) in [7, 11) is 0. The highest BCUT2D eigenvalue weighted by atomic mass is 16.6. The molecule has 0 amide bonds. The molecule has 0 aliphatic carbocycles. The summed E-state index contributed by atoms with van der Waals surface area (Å²) in [5, 5.41) is 0. The van der Waals surface area contributed by atoms with Crippen LogP contribution in [0.2, 0.25) is 0 Å². The molecule has 184 valence electrons. The van der Waals surface area contributed by atoms with Crippen LogP contribution in [0.15, 0.2) is 36.4 Å². The van der Waals surface area contributed by atoms with Gasteiger partial charge in [-0.1, -0.05) is 24.3 Å². The van der Waals surface area contributed by atoms with Gasteiger partial charge in [0.25, 0.3) is 0 Å². The molecule has 0 saturated heterocycles. The summed E-state index contributed by atoms with van der Waals surface area (Å²) in [6, 6.07) is 11.7. The van der Waals surface area contributed by atoms with Gasteiger partial charge in [-0.3, -0.25) is 0 Å². The minimum absolute atomic E-state index is 0.445. The van der Waals surface area contributed by atoms with E-state index in [1.165, 1.54) is 0 Å². The van der Waals surface area contributed by atoms with Crippen LogP contribution in [-0.4, -0.2) is 79.3 Å². The SMILES string of the molecule is C(=C\c1ccc2c(c1)OCCOCCOCCO2)/c1ccc2c(c1)OCCOCCOCCO2. The van der Waals surface area contributed by atoms with Gasteiger partial charge in [-0.2, -0.15) is 0 Å². The van der Waals surface area contributed by atoms with Crippen LogP contribution in [-0.2, 0) is 18.9 Å². The summed E-state index contributed by atoms with van der Waals surface area (Å²) < 4.78 is 45.5. The first-order valence-electron chi connectivity index (χ1n) is 11.7. The average molecular weight is 473 g/mol. The van der Waals surface area contributed by atoms with E-state index in [0.717, 1.165) is 11.1 Å². The number of hydrogen-bond acceptors (Lipinski definition) is 8. The Kier molecular flexibility index (Phi) is 9.89. The van der Waals surface area contributed by atoms with E-state index < -0.39 is 0 Å². The van der Waals surface area contributed by atoms with Crippen LogP contribution in [0.4, 0.5) is 0 Å². The van der Waals surface area contributed by atoms with E-state index in [9.17, 15) is 0 Å². The Labute approximate surface area is 200 Å². The number of fused-ring (bicyclic) bond motifs is 2. The predicted octanol–water partition coefficient (Wildman–Crippen LogP) is 3.47. The molecule has 0 N–H and O–H groups in total. The maximum absolute atomic E-state index is 5.91. The van der Waals surface area contributed by atoms with E-state index in [1.807, 2.05) is 48.6 Å². The van der Waals surface area contributed by atoms with Crippen molar-refractivity contribution in [2.45, 2.75) is 0 Å². The highest BCUT2D eigenvalue weighted by Gasteiger charge is 2.09. The third-order valence-corrected chi connectivity index (χ3v) is 5.09. The van der Waals surface area contributed by atoms with Crippen LogP contribution in [0.5, 0.6) is 23.0 Å². The fourth-order valence-electron chi connectivity index (χ4n) is 3.40. The van der Waals surface area contributed by atoms with Gasteiger partial charge in [0, 0.05) is 0 Å². The molecular formula is C26H32O8. The van der Waals surface area contributed by atoms with Gasteiger partial charge in [-0.15, -0.1) is 0 Å². The minimum Gasteiger partial charge on any atom is -0.487 e. The van der Waals surface area contributed by atoms with Gasteiger partial charge in [0.05, 0.1) is 52.9 Å². The molecule has 0 spiro atoms. The predicted molar refractivity (Wildman–Crippen MR) is 127 cm³/mol. The summed E-state index contributed by atoms with van der Waals surface area (Å²) >= 11 is 0. The molecule has 2 aromatic rings. The van der Waals surface area contributed by atoms with Gasteiger partial charge >= 0.3 is 0 Å². The molecule has 34 heavy (non-hydrogen) atoms. The van der Waals surface area contributed by atoms with Crippen LogP contribution < -0.4 is 18.9 Å². The zero-order valence-corrected chi connectivity index (χ0v) is 19.4. The van der Waals surface area contributed by atoms with Gasteiger partial charge in [0.15, 0.2) is 23.0 Å². The first-order chi connectivity index (χ1) is 16.9. The van der Waals surface area contributed by atoms with Crippen molar-refractivity contribution in [2.75, 3.05) is 79.3 Å². The fourth-order valence-corrected chi connectivity index (χ4v) is 3.40. The van der Waals surface area contributed by atoms with Gasteiger partial charge in [0.1, 0.15) is 26.4 Å². The van der Waals surface area contributed by atoms with E-state index in [-0.39, 0.29) is 0 Å². The molecule has 0 unspecified atom stereocenters.